The van der Waals surface area contributed by atoms with Crippen LogP contribution in [-0.2, 0) is 43.1 Å². The van der Waals surface area contributed by atoms with E-state index >= 15 is 8.78 Å². The van der Waals surface area contributed by atoms with E-state index < -0.39 is 70.8 Å². The van der Waals surface area contributed by atoms with E-state index in [2.05, 4.69) is 67.8 Å². The molecule has 5 aliphatic rings. The third-order valence-corrected chi connectivity index (χ3v) is 17.4. The van der Waals surface area contributed by atoms with E-state index in [1.807, 2.05) is 27.7 Å². The Hall–Kier alpha value is -7.27. The fourth-order valence-corrected chi connectivity index (χ4v) is 11.3. The van der Waals surface area contributed by atoms with Crippen LogP contribution in [0.4, 0.5) is 70.5 Å². The van der Waals surface area contributed by atoms with Gasteiger partial charge in [-0.15, -0.1) is 0 Å². The Morgan fingerprint density at radius 2 is 1.10 bits per heavy atom. The Morgan fingerprint density at radius 3 is 1.59 bits per heavy atom. The number of nitrogens with zero attached hydrogens (tertiary/aromatic N) is 6. The summed E-state index contributed by atoms with van der Waals surface area (Å²) in [6, 6.07) is 17.0. The molecular formula is C64H77F11N10O3. The standard InChI is InChI=1S/C21H23F6N3O.C21H26F2N4O.C20H22F3N3O.C2H6/c1-19(2,21(25,26)27)11-15(31)28-18-16(12-5-4-6-12)17(29-30(18)3)20(23,24)13-7-9-14(22)10-8-13;1-3-13-7-9-15(10-8-13)18-17(14-5-4-6-14)19(27(2)26-18)25-20(28)24-16-11-21(22,23)12-16;1-19(2)10-14(19)18(27)24-17-15(11-4-6-13(21)7-5-11)16(25-26(17)3)12-8-20(22,23)9-12;1-2/h7-10,12H,4-6,11H2,1-3H3,(H,28,31);7-10,14,16H,3-6,11-12H2,1-2H3,(H2,24,25,28);4-7,12,14H,8-10H2,1-3H3,(H,24,27);1-2H3. The van der Waals surface area contributed by atoms with Gasteiger partial charge in [0, 0.05) is 98.9 Å². The quantitative estimate of drug-likeness (QED) is 0.0751. The van der Waals surface area contributed by atoms with Crippen molar-refractivity contribution < 1.29 is 62.7 Å². The summed E-state index contributed by atoms with van der Waals surface area (Å²) in [6.07, 6.45) is 0.485. The van der Waals surface area contributed by atoms with E-state index in [-0.39, 0.29) is 72.0 Å². The van der Waals surface area contributed by atoms with E-state index in [0.717, 1.165) is 98.1 Å². The van der Waals surface area contributed by atoms with Crippen molar-refractivity contribution in [1.29, 1.82) is 0 Å². The van der Waals surface area contributed by atoms with Crippen molar-refractivity contribution in [3.63, 3.8) is 0 Å². The Kier molecular flexibility index (Phi) is 19.5. The monoisotopic (exact) mass is 1240 g/mol. The van der Waals surface area contributed by atoms with E-state index in [1.165, 1.54) is 29.4 Å². The molecule has 0 bridgehead atoms. The van der Waals surface area contributed by atoms with Gasteiger partial charge in [0.15, 0.2) is 0 Å². The van der Waals surface area contributed by atoms with Crippen LogP contribution in [0.1, 0.15) is 177 Å². The lowest BCUT2D eigenvalue weighted by Crippen LogP contribution is -2.51. The van der Waals surface area contributed by atoms with Gasteiger partial charge in [0.2, 0.25) is 17.7 Å². The summed E-state index contributed by atoms with van der Waals surface area (Å²) >= 11 is 0. The number of alkyl halides is 9. The highest BCUT2D eigenvalue weighted by atomic mass is 19.4. The maximum atomic E-state index is 15.3. The topological polar surface area (TPSA) is 153 Å². The molecule has 13 nitrogen and oxygen atoms in total. The zero-order valence-corrected chi connectivity index (χ0v) is 51.1. The number of carbonyl (C=O) groups excluding carboxylic acids is 3. The number of halogens is 11. The first kappa shape index (κ1) is 66.7. The van der Waals surface area contributed by atoms with E-state index in [9.17, 15) is 53.9 Å². The zero-order valence-electron chi connectivity index (χ0n) is 51.1. The number of aryl methyl sites for hydroxylation is 4. The van der Waals surface area contributed by atoms with Crippen molar-refractivity contribution in [3.8, 4) is 22.4 Å². The molecule has 0 saturated heterocycles. The van der Waals surface area contributed by atoms with Crippen molar-refractivity contribution in [3.05, 3.63) is 118 Å². The van der Waals surface area contributed by atoms with E-state index in [0.29, 0.717) is 47.2 Å². The van der Waals surface area contributed by atoms with Crippen molar-refractivity contribution in [2.24, 2.45) is 37.9 Å². The molecule has 1 unspecified atom stereocenters. The maximum absolute atomic E-state index is 15.3. The first-order valence-corrected chi connectivity index (χ1v) is 29.9. The highest BCUT2D eigenvalue weighted by Gasteiger charge is 2.53. The summed E-state index contributed by atoms with van der Waals surface area (Å²) in [5.74, 6) is -10.3. The van der Waals surface area contributed by atoms with Crippen molar-refractivity contribution >= 4 is 35.3 Å². The zero-order chi connectivity index (χ0) is 64.6. The number of amides is 4. The number of benzene rings is 3. The highest BCUT2D eigenvalue weighted by Crippen LogP contribution is 2.55. The first-order chi connectivity index (χ1) is 41.2. The number of anilines is 3. The van der Waals surface area contributed by atoms with Gasteiger partial charge in [-0.2, -0.15) is 37.2 Å². The van der Waals surface area contributed by atoms with Gasteiger partial charge in [0.25, 0.3) is 5.92 Å². The summed E-state index contributed by atoms with van der Waals surface area (Å²) in [6.45, 7) is 12.0. The molecule has 4 N–H and O–H groups in total. The van der Waals surface area contributed by atoms with Gasteiger partial charge in [-0.25, -0.2) is 31.1 Å². The second-order valence-corrected chi connectivity index (χ2v) is 25.0. The Bertz CT molecular complexity index is 3440. The molecule has 5 fully saturated rings. The average molecular weight is 1240 g/mol. The van der Waals surface area contributed by atoms with Gasteiger partial charge in [-0.3, -0.25) is 29.0 Å². The normalized spacial score (nSPS) is 18.7. The van der Waals surface area contributed by atoms with Gasteiger partial charge >= 0.3 is 18.1 Å². The summed E-state index contributed by atoms with van der Waals surface area (Å²) in [4.78, 5) is 37.4. The lowest BCUT2D eigenvalue weighted by molar-refractivity contribution is -0.213. The van der Waals surface area contributed by atoms with Gasteiger partial charge < -0.3 is 16.0 Å². The summed E-state index contributed by atoms with van der Waals surface area (Å²) < 4.78 is 154. The molecule has 11 rings (SSSR count). The Balaban J connectivity index is 0.000000169. The van der Waals surface area contributed by atoms with E-state index in [1.54, 1.807) is 30.9 Å². The third kappa shape index (κ3) is 14.7. The Morgan fingerprint density at radius 1 is 0.614 bits per heavy atom. The van der Waals surface area contributed by atoms with Crippen LogP contribution in [0.25, 0.3) is 22.4 Å². The van der Waals surface area contributed by atoms with Crippen LogP contribution in [0.2, 0.25) is 0 Å². The number of aromatic nitrogens is 6. The maximum Gasteiger partial charge on any atom is 0.394 e. The molecule has 478 valence electrons. The minimum Gasteiger partial charge on any atom is -0.335 e. The molecule has 5 saturated carbocycles. The summed E-state index contributed by atoms with van der Waals surface area (Å²) in [5, 5.41) is 23.9. The molecule has 0 spiro atoms. The molecular weight excluding hydrogens is 1170 g/mol. The number of nitrogens with one attached hydrogen (secondary N) is 4. The lowest BCUT2D eigenvalue weighted by Gasteiger charge is -2.35. The molecule has 0 aliphatic heterocycles. The summed E-state index contributed by atoms with van der Waals surface area (Å²) in [7, 11) is 4.83. The van der Waals surface area contributed by atoms with Gasteiger partial charge in [0.05, 0.1) is 16.8 Å². The second kappa shape index (κ2) is 25.7. The molecule has 5 aliphatic carbocycles. The van der Waals surface area contributed by atoms with Crippen LogP contribution in [0.3, 0.4) is 0 Å². The molecule has 88 heavy (non-hydrogen) atoms. The van der Waals surface area contributed by atoms with Crippen LogP contribution in [0.15, 0.2) is 72.8 Å². The van der Waals surface area contributed by atoms with Crippen molar-refractivity contribution in [2.75, 3.05) is 16.0 Å². The van der Waals surface area contributed by atoms with Gasteiger partial charge in [-0.1, -0.05) is 97.7 Å². The largest absolute Gasteiger partial charge is 0.394 e. The Labute approximate surface area is 505 Å². The fraction of sp³-hybridized carbons (Fsp3) is 0.531. The SMILES string of the molecule is CC.CCc1ccc(-c2nn(C)c(NC(=O)NC3CC(F)(F)C3)c2C2CCC2)cc1.Cn1nc(C(F)(F)c2ccc(F)cc2)c(C2CCC2)c1NC(=O)CC(C)(C)C(F)(F)F.Cn1nc(C2CC(F)(F)C2)c(-c2ccc(F)cc2)c1NC(=O)C1CC1(C)C. The van der Waals surface area contributed by atoms with Crippen LogP contribution in [0.5, 0.6) is 0 Å². The first-order valence-electron chi connectivity index (χ1n) is 29.9. The molecule has 3 heterocycles. The number of carbonyl (C=O) groups is 3. The fourth-order valence-electron chi connectivity index (χ4n) is 11.3. The minimum absolute atomic E-state index is 0.0302. The molecule has 24 heteroatoms. The van der Waals surface area contributed by atoms with Crippen molar-refractivity contribution in [1.82, 2.24) is 34.7 Å². The predicted octanol–water partition coefficient (Wildman–Crippen LogP) is 16.5. The second-order valence-electron chi connectivity index (χ2n) is 25.0. The number of rotatable bonds is 15. The highest BCUT2D eigenvalue weighted by molar-refractivity contribution is 5.98. The molecule has 4 amide bonds. The van der Waals surface area contributed by atoms with E-state index in [4.69, 9.17) is 0 Å². The van der Waals surface area contributed by atoms with Crippen molar-refractivity contribution in [2.45, 2.75) is 180 Å². The average Bonchev–Trinajstić information content (AvgIpc) is 3.83. The van der Waals surface area contributed by atoms with Gasteiger partial charge in [0.1, 0.15) is 34.8 Å². The smallest absolute Gasteiger partial charge is 0.335 e. The predicted molar refractivity (Wildman–Crippen MR) is 314 cm³/mol. The molecule has 3 aromatic heterocycles. The number of urea groups is 1. The summed E-state index contributed by atoms with van der Waals surface area (Å²) in [5.41, 5.74) is 2.76. The van der Waals surface area contributed by atoms with Crippen LogP contribution in [-0.4, -0.2) is 71.3 Å². The minimum atomic E-state index is -4.60. The lowest BCUT2D eigenvalue weighted by atomic mass is 9.77. The van der Waals surface area contributed by atoms with Crippen LogP contribution >= 0.6 is 0 Å². The van der Waals surface area contributed by atoms with Crippen LogP contribution in [0, 0.1) is 28.4 Å². The molecule has 0 radical (unpaired) electrons. The van der Waals surface area contributed by atoms with Crippen LogP contribution < -0.4 is 21.3 Å². The third-order valence-electron chi connectivity index (χ3n) is 17.4. The molecule has 1 atom stereocenters. The number of hydrogen-bond donors (Lipinski definition) is 4. The number of hydrogen-bond acceptors (Lipinski definition) is 6. The molecule has 6 aromatic rings. The molecule has 3 aromatic carbocycles. The van der Waals surface area contributed by atoms with Gasteiger partial charge in [-0.05, 0) is 103 Å².